The fourth-order valence-corrected chi connectivity index (χ4v) is 4.73. The second-order valence-corrected chi connectivity index (χ2v) is 9.27. The highest BCUT2D eigenvalue weighted by Gasteiger charge is 2.27. The lowest BCUT2D eigenvalue weighted by Crippen LogP contribution is -2.36. The first-order valence-corrected chi connectivity index (χ1v) is 12.5. The number of aliphatic hydroxyl groups excluding tert-OH is 1. The van der Waals surface area contributed by atoms with Crippen LogP contribution in [0, 0.1) is 5.92 Å². The van der Waals surface area contributed by atoms with Crippen LogP contribution in [0.25, 0.3) is 17.2 Å². The minimum absolute atomic E-state index is 0.0119. The first kappa shape index (κ1) is 25.4. The molecule has 5 nitrogen and oxygen atoms in total. The molecule has 1 aliphatic carbocycles. The lowest BCUT2D eigenvalue weighted by atomic mass is 9.88. The van der Waals surface area contributed by atoms with E-state index < -0.39 is 5.97 Å². The van der Waals surface area contributed by atoms with Crippen LogP contribution in [0.2, 0.25) is 0 Å². The quantitative estimate of drug-likeness (QED) is 0.308. The molecule has 1 aliphatic rings. The van der Waals surface area contributed by atoms with Crippen LogP contribution in [0.3, 0.4) is 0 Å². The van der Waals surface area contributed by atoms with Crippen LogP contribution in [-0.2, 0) is 27.5 Å². The summed E-state index contributed by atoms with van der Waals surface area (Å²) in [5.74, 6) is -0.225. The smallest absolute Gasteiger partial charge is 0.330 e. The van der Waals surface area contributed by atoms with E-state index in [4.69, 9.17) is 4.74 Å². The number of anilines is 1. The Morgan fingerprint density at radius 3 is 2.39 bits per heavy atom. The van der Waals surface area contributed by atoms with Gasteiger partial charge in [-0.1, -0.05) is 73.9 Å². The van der Waals surface area contributed by atoms with Gasteiger partial charge in [0.1, 0.15) is 0 Å². The van der Waals surface area contributed by atoms with Crippen LogP contribution in [0.5, 0.6) is 0 Å². The molecule has 3 aromatic carbocycles. The number of rotatable bonds is 8. The summed E-state index contributed by atoms with van der Waals surface area (Å²) in [6.45, 7) is 0.481. The summed E-state index contributed by atoms with van der Waals surface area (Å²) in [6.07, 6.45) is 8.32. The topological polar surface area (TPSA) is 66.8 Å². The number of hydrogen-bond donors (Lipinski definition) is 1. The van der Waals surface area contributed by atoms with Crippen molar-refractivity contribution in [2.45, 2.75) is 45.3 Å². The summed E-state index contributed by atoms with van der Waals surface area (Å²) >= 11 is 0. The van der Waals surface area contributed by atoms with Gasteiger partial charge in [-0.3, -0.25) is 4.79 Å². The van der Waals surface area contributed by atoms with Crippen molar-refractivity contribution in [2.24, 2.45) is 5.92 Å². The highest BCUT2D eigenvalue weighted by Crippen LogP contribution is 2.30. The molecule has 1 fully saturated rings. The summed E-state index contributed by atoms with van der Waals surface area (Å²) in [4.78, 5) is 27.1. The van der Waals surface area contributed by atoms with Gasteiger partial charge in [-0.2, -0.15) is 0 Å². The van der Waals surface area contributed by atoms with Crippen molar-refractivity contribution in [1.82, 2.24) is 0 Å². The maximum Gasteiger partial charge on any atom is 0.330 e. The van der Waals surface area contributed by atoms with E-state index in [0.29, 0.717) is 6.54 Å². The normalized spacial score (nSPS) is 14.1. The zero-order valence-corrected chi connectivity index (χ0v) is 20.7. The third-order valence-electron chi connectivity index (χ3n) is 6.75. The number of aliphatic hydroxyl groups is 1. The van der Waals surface area contributed by atoms with Crippen LogP contribution in [-0.4, -0.2) is 24.1 Å². The molecule has 0 atom stereocenters. The van der Waals surface area contributed by atoms with E-state index in [-0.39, 0.29) is 18.4 Å². The van der Waals surface area contributed by atoms with Crippen molar-refractivity contribution in [3.8, 4) is 11.1 Å². The van der Waals surface area contributed by atoms with Gasteiger partial charge in [-0.25, -0.2) is 4.79 Å². The SMILES string of the molecule is COC(=O)/C=C/c1cccc(N(Cc2ccc(-c3cccc(CO)c3)cc2)C(=O)C2CCCCC2)c1. The van der Waals surface area contributed by atoms with Crippen LogP contribution in [0.4, 0.5) is 5.69 Å². The zero-order chi connectivity index (χ0) is 25.3. The predicted molar refractivity (Wildman–Crippen MR) is 143 cm³/mol. The molecule has 0 unspecified atom stereocenters. The summed E-state index contributed by atoms with van der Waals surface area (Å²) in [7, 11) is 1.35. The molecule has 186 valence electrons. The standard InChI is InChI=1S/C31H33NO4/c1-36-30(34)18-15-23-7-6-12-29(20-23)32(31(35)27-9-3-2-4-10-27)21-24-13-16-26(17-14-24)28-11-5-8-25(19-28)22-33/h5-8,11-20,27,33H,2-4,9-10,21-22H2,1H3/b18-15+. The molecule has 1 amide bonds. The van der Waals surface area contributed by atoms with Gasteiger partial charge >= 0.3 is 5.97 Å². The van der Waals surface area contributed by atoms with E-state index >= 15 is 0 Å². The highest BCUT2D eigenvalue weighted by atomic mass is 16.5. The third-order valence-corrected chi connectivity index (χ3v) is 6.75. The van der Waals surface area contributed by atoms with Crippen LogP contribution >= 0.6 is 0 Å². The molecule has 1 N–H and O–H groups in total. The number of amides is 1. The van der Waals surface area contributed by atoms with Crippen LogP contribution in [0.1, 0.15) is 48.8 Å². The van der Waals surface area contributed by atoms with E-state index in [2.05, 4.69) is 24.3 Å². The minimum atomic E-state index is -0.417. The Kier molecular flexibility index (Phi) is 8.69. The molecule has 5 heteroatoms. The fraction of sp³-hybridized carbons (Fsp3) is 0.290. The number of methoxy groups -OCH3 is 1. The molecule has 0 heterocycles. The average Bonchev–Trinajstić information content (AvgIpc) is 2.95. The molecule has 0 aromatic heterocycles. The van der Waals surface area contributed by atoms with Gasteiger partial charge in [0.05, 0.1) is 20.3 Å². The molecule has 36 heavy (non-hydrogen) atoms. The van der Waals surface area contributed by atoms with E-state index in [1.807, 2.05) is 53.4 Å². The van der Waals surface area contributed by atoms with Crippen molar-refractivity contribution in [1.29, 1.82) is 0 Å². The maximum atomic E-state index is 13.7. The number of hydrogen-bond acceptors (Lipinski definition) is 4. The van der Waals surface area contributed by atoms with Crippen molar-refractivity contribution in [3.63, 3.8) is 0 Å². The predicted octanol–water partition coefficient (Wildman–Crippen LogP) is 6.15. The first-order chi connectivity index (χ1) is 17.6. The minimum Gasteiger partial charge on any atom is -0.466 e. The highest BCUT2D eigenvalue weighted by molar-refractivity contribution is 5.95. The van der Waals surface area contributed by atoms with Crippen molar-refractivity contribution >= 4 is 23.6 Å². The molecular weight excluding hydrogens is 450 g/mol. The second kappa shape index (κ2) is 12.3. The van der Waals surface area contributed by atoms with Gasteiger partial charge in [0, 0.05) is 17.7 Å². The average molecular weight is 484 g/mol. The van der Waals surface area contributed by atoms with Gasteiger partial charge in [0.15, 0.2) is 0 Å². The summed E-state index contributed by atoms with van der Waals surface area (Å²) in [6, 6.07) is 23.8. The summed E-state index contributed by atoms with van der Waals surface area (Å²) in [5.41, 5.74) is 5.68. The Morgan fingerprint density at radius 1 is 0.917 bits per heavy atom. The van der Waals surface area contributed by atoms with Gasteiger partial charge < -0.3 is 14.7 Å². The largest absolute Gasteiger partial charge is 0.466 e. The Labute approximate surface area is 213 Å². The van der Waals surface area contributed by atoms with Gasteiger partial charge in [0.2, 0.25) is 5.91 Å². The molecule has 1 saturated carbocycles. The van der Waals surface area contributed by atoms with Gasteiger partial charge in [-0.05, 0) is 64.9 Å². The van der Waals surface area contributed by atoms with E-state index in [1.165, 1.54) is 19.6 Å². The lowest BCUT2D eigenvalue weighted by molar-refractivity contribution is -0.134. The third kappa shape index (κ3) is 6.49. The number of nitrogens with zero attached hydrogens (tertiary/aromatic N) is 1. The molecule has 0 spiro atoms. The van der Waals surface area contributed by atoms with Gasteiger partial charge in [0.25, 0.3) is 0 Å². The number of carbonyl (C=O) groups is 2. The molecular formula is C31H33NO4. The lowest BCUT2D eigenvalue weighted by Gasteiger charge is -2.30. The molecule has 0 radical (unpaired) electrons. The summed E-state index contributed by atoms with van der Waals surface area (Å²) < 4.78 is 4.70. The van der Waals surface area contributed by atoms with Gasteiger partial charge in [-0.15, -0.1) is 0 Å². The van der Waals surface area contributed by atoms with Crippen LogP contribution in [0.15, 0.2) is 78.9 Å². The monoisotopic (exact) mass is 483 g/mol. The van der Waals surface area contributed by atoms with E-state index in [1.54, 1.807) is 6.08 Å². The van der Waals surface area contributed by atoms with Crippen LogP contribution < -0.4 is 4.90 Å². The number of ether oxygens (including phenoxy) is 1. The molecule has 3 aromatic rings. The second-order valence-electron chi connectivity index (χ2n) is 9.27. The molecule has 4 rings (SSSR count). The van der Waals surface area contributed by atoms with Crippen molar-refractivity contribution in [2.75, 3.05) is 12.0 Å². The van der Waals surface area contributed by atoms with Crippen molar-refractivity contribution < 1.29 is 19.4 Å². The fourth-order valence-electron chi connectivity index (χ4n) is 4.73. The molecule has 0 saturated heterocycles. The maximum absolute atomic E-state index is 13.7. The number of esters is 1. The Balaban J connectivity index is 1.60. The molecule has 0 bridgehead atoms. The van der Waals surface area contributed by atoms with Crippen molar-refractivity contribution in [3.05, 3.63) is 95.6 Å². The first-order valence-electron chi connectivity index (χ1n) is 12.5. The zero-order valence-electron chi connectivity index (χ0n) is 20.7. The number of benzene rings is 3. The van der Waals surface area contributed by atoms with E-state index in [0.717, 1.165) is 59.2 Å². The van der Waals surface area contributed by atoms with E-state index in [9.17, 15) is 14.7 Å². The Bertz CT molecular complexity index is 1210. The molecule has 0 aliphatic heterocycles. The Morgan fingerprint density at radius 2 is 1.67 bits per heavy atom. The summed E-state index contributed by atoms with van der Waals surface area (Å²) in [5, 5.41) is 9.45. The Hall–Kier alpha value is -3.70. The number of carbonyl (C=O) groups excluding carboxylic acids is 2.